The maximum absolute atomic E-state index is 12.2. The number of hydrogen-bond donors (Lipinski definition) is 0. The van der Waals surface area contributed by atoms with Crippen LogP contribution in [0.3, 0.4) is 0 Å². The topological polar surface area (TPSA) is 0 Å². The Labute approximate surface area is 74.4 Å². The lowest BCUT2D eigenvalue weighted by molar-refractivity contribution is -0.148. The highest BCUT2D eigenvalue weighted by atomic mass is 19.4. The second-order valence-corrected chi connectivity index (χ2v) is 3.40. The first kappa shape index (κ1) is 8.60. The quantitative estimate of drug-likeness (QED) is 0.630. The standard InChI is InChI=1S/C10H9F3/c11-10(12,13)9-6-8(9)7-4-2-1-3-5-7/h1-5,8-9H,6H2. The number of benzene rings is 1. The van der Waals surface area contributed by atoms with Crippen LogP contribution in [-0.4, -0.2) is 6.18 Å². The van der Waals surface area contributed by atoms with E-state index in [1.54, 1.807) is 24.3 Å². The van der Waals surface area contributed by atoms with Crippen LogP contribution in [-0.2, 0) is 0 Å². The third-order valence-electron chi connectivity index (χ3n) is 2.44. The van der Waals surface area contributed by atoms with Gasteiger partial charge in [-0.3, -0.25) is 0 Å². The summed E-state index contributed by atoms with van der Waals surface area (Å²) in [7, 11) is 0. The van der Waals surface area contributed by atoms with Crippen molar-refractivity contribution in [2.24, 2.45) is 5.92 Å². The molecule has 1 fully saturated rings. The molecule has 0 nitrogen and oxygen atoms in total. The maximum atomic E-state index is 12.2. The summed E-state index contributed by atoms with van der Waals surface area (Å²) >= 11 is 0. The van der Waals surface area contributed by atoms with Crippen molar-refractivity contribution in [3.05, 3.63) is 35.9 Å². The lowest BCUT2D eigenvalue weighted by Gasteiger charge is -2.04. The van der Waals surface area contributed by atoms with Crippen LogP contribution in [0.5, 0.6) is 0 Å². The highest BCUT2D eigenvalue weighted by molar-refractivity contribution is 5.26. The Hall–Kier alpha value is -0.990. The Bertz CT molecular complexity index is 289. The van der Waals surface area contributed by atoms with Crippen molar-refractivity contribution in [1.29, 1.82) is 0 Å². The monoisotopic (exact) mass is 186 g/mol. The first-order chi connectivity index (χ1) is 6.09. The van der Waals surface area contributed by atoms with Gasteiger partial charge >= 0.3 is 6.18 Å². The summed E-state index contributed by atoms with van der Waals surface area (Å²) in [6.07, 6.45) is -3.76. The Morgan fingerprint density at radius 1 is 1.08 bits per heavy atom. The summed E-state index contributed by atoms with van der Waals surface area (Å²) in [5, 5.41) is 0. The molecule has 70 valence electrons. The number of rotatable bonds is 1. The molecule has 1 aliphatic carbocycles. The second-order valence-electron chi connectivity index (χ2n) is 3.40. The van der Waals surface area contributed by atoms with Gasteiger partial charge in [-0.25, -0.2) is 0 Å². The molecule has 2 unspecified atom stereocenters. The molecular formula is C10H9F3. The zero-order chi connectivity index (χ0) is 9.47. The van der Waals surface area contributed by atoms with Crippen LogP contribution in [0.4, 0.5) is 13.2 Å². The van der Waals surface area contributed by atoms with Crippen molar-refractivity contribution in [3.63, 3.8) is 0 Å². The van der Waals surface area contributed by atoms with E-state index in [1.165, 1.54) is 0 Å². The zero-order valence-corrected chi connectivity index (χ0v) is 6.88. The first-order valence-electron chi connectivity index (χ1n) is 4.20. The minimum atomic E-state index is -4.01. The lowest BCUT2D eigenvalue weighted by Crippen LogP contribution is -2.11. The molecule has 0 saturated heterocycles. The summed E-state index contributed by atoms with van der Waals surface area (Å²) < 4.78 is 36.5. The molecule has 1 aliphatic rings. The van der Waals surface area contributed by atoms with Crippen molar-refractivity contribution in [2.45, 2.75) is 18.5 Å². The Morgan fingerprint density at radius 2 is 1.69 bits per heavy atom. The van der Waals surface area contributed by atoms with E-state index in [1.807, 2.05) is 6.07 Å². The van der Waals surface area contributed by atoms with E-state index in [0.29, 0.717) is 0 Å². The highest BCUT2D eigenvalue weighted by Gasteiger charge is 2.55. The van der Waals surface area contributed by atoms with E-state index in [2.05, 4.69) is 0 Å². The molecule has 0 aromatic heterocycles. The molecule has 0 heterocycles. The van der Waals surface area contributed by atoms with Crippen molar-refractivity contribution < 1.29 is 13.2 Å². The molecule has 3 heteroatoms. The fraction of sp³-hybridized carbons (Fsp3) is 0.400. The average Bonchev–Trinajstić information content (AvgIpc) is 2.83. The Balaban J connectivity index is 2.09. The van der Waals surface area contributed by atoms with Gasteiger partial charge in [0.1, 0.15) is 0 Å². The van der Waals surface area contributed by atoms with Gasteiger partial charge in [-0.15, -0.1) is 0 Å². The normalized spacial score (nSPS) is 27.3. The van der Waals surface area contributed by atoms with E-state index in [0.717, 1.165) is 5.56 Å². The van der Waals surface area contributed by atoms with Gasteiger partial charge in [0.15, 0.2) is 0 Å². The molecule has 0 radical (unpaired) electrons. The van der Waals surface area contributed by atoms with Crippen LogP contribution in [0.1, 0.15) is 17.9 Å². The van der Waals surface area contributed by atoms with Crippen molar-refractivity contribution in [1.82, 2.24) is 0 Å². The average molecular weight is 186 g/mol. The minimum Gasteiger partial charge on any atom is -0.171 e. The predicted molar refractivity (Wildman–Crippen MR) is 43.3 cm³/mol. The lowest BCUT2D eigenvalue weighted by atomic mass is 10.1. The number of alkyl halides is 3. The molecule has 0 bridgehead atoms. The fourth-order valence-electron chi connectivity index (χ4n) is 1.63. The van der Waals surface area contributed by atoms with Gasteiger partial charge in [-0.05, 0) is 17.9 Å². The highest BCUT2D eigenvalue weighted by Crippen LogP contribution is 2.55. The summed E-state index contributed by atoms with van der Waals surface area (Å²) in [4.78, 5) is 0. The van der Waals surface area contributed by atoms with Crippen LogP contribution in [0.15, 0.2) is 30.3 Å². The van der Waals surface area contributed by atoms with Crippen LogP contribution in [0.2, 0.25) is 0 Å². The van der Waals surface area contributed by atoms with Crippen LogP contribution in [0.25, 0.3) is 0 Å². The fourth-order valence-corrected chi connectivity index (χ4v) is 1.63. The van der Waals surface area contributed by atoms with E-state index in [9.17, 15) is 13.2 Å². The molecule has 1 saturated carbocycles. The van der Waals surface area contributed by atoms with Crippen LogP contribution < -0.4 is 0 Å². The van der Waals surface area contributed by atoms with Gasteiger partial charge in [0.05, 0.1) is 5.92 Å². The second kappa shape index (κ2) is 2.76. The van der Waals surface area contributed by atoms with Gasteiger partial charge in [-0.1, -0.05) is 30.3 Å². The van der Waals surface area contributed by atoms with Gasteiger partial charge < -0.3 is 0 Å². The van der Waals surface area contributed by atoms with Crippen LogP contribution >= 0.6 is 0 Å². The van der Waals surface area contributed by atoms with Crippen molar-refractivity contribution >= 4 is 0 Å². The summed E-state index contributed by atoms with van der Waals surface area (Å²) in [6, 6.07) is 8.89. The van der Waals surface area contributed by atoms with Crippen LogP contribution in [0, 0.1) is 5.92 Å². The predicted octanol–water partition coefficient (Wildman–Crippen LogP) is 3.35. The molecular weight excluding hydrogens is 177 g/mol. The third-order valence-corrected chi connectivity index (χ3v) is 2.44. The SMILES string of the molecule is FC(F)(F)C1CC1c1ccccc1. The molecule has 0 spiro atoms. The Morgan fingerprint density at radius 3 is 2.15 bits per heavy atom. The summed E-state index contributed by atoms with van der Waals surface area (Å²) in [5.74, 6) is -1.39. The third kappa shape index (κ3) is 1.69. The van der Waals surface area contributed by atoms with E-state index >= 15 is 0 Å². The van der Waals surface area contributed by atoms with Crippen molar-refractivity contribution in [3.8, 4) is 0 Å². The largest absolute Gasteiger partial charge is 0.392 e. The smallest absolute Gasteiger partial charge is 0.171 e. The van der Waals surface area contributed by atoms with E-state index < -0.39 is 12.1 Å². The van der Waals surface area contributed by atoms with Gasteiger partial charge in [-0.2, -0.15) is 13.2 Å². The number of hydrogen-bond acceptors (Lipinski definition) is 0. The molecule has 2 rings (SSSR count). The molecule has 1 aromatic carbocycles. The maximum Gasteiger partial charge on any atom is 0.392 e. The van der Waals surface area contributed by atoms with Crippen molar-refractivity contribution in [2.75, 3.05) is 0 Å². The summed E-state index contributed by atoms with van der Waals surface area (Å²) in [6.45, 7) is 0. The minimum absolute atomic E-state index is 0.257. The first-order valence-corrected chi connectivity index (χ1v) is 4.20. The van der Waals surface area contributed by atoms with E-state index in [-0.39, 0.29) is 12.3 Å². The molecule has 0 N–H and O–H groups in total. The molecule has 0 aliphatic heterocycles. The zero-order valence-electron chi connectivity index (χ0n) is 6.88. The molecule has 13 heavy (non-hydrogen) atoms. The van der Waals surface area contributed by atoms with Gasteiger partial charge in [0.25, 0.3) is 0 Å². The molecule has 2 atom stereocenters. The van der Waals surface area contributed by atoms with Gasteiger partial charge in [0, 0.05) is 0 Å². The number of halogens is 3. The van der Waals surface area contributed by atoms with E-state index in [4.69, 9.17) is 0 Å². The molecule has 1 aromatic rings. The van der Waals surface area contributed by atoms with Gasteiger partial charge in [0.2, 0.25) is 0 Å². The Kier molecular flexibility index (Phi) is 1.82. The summed E-state index contributed by atoms with van der Waals surface area (Å²) in [5.41, 5.74) is 0.810. The molecule has 0 amide bonds.